The minimum Gasteiger partial charge on any atom is -0.390 e. The maximum atomic E-state index is 12.8. The van der Waals surface area contributed by atoms with Gasteiger partial charge in [0.15, 0.2) is 0 Å². The fourth-order valence-corrected chi connectivity index (χ4v) is 2.80. The molecule has 1 fully saturated rings. The number of aliphatic hydroxyl groups is 1. The lowest BCUT2D eigenvalue weighted by Crippen LogP contribution is -2.33. The molecule has 2 aromatic rings. The lowest BCUT2D eigenvalue weighted by Gasteiger charge is -2.22. The van der Waals surface area contributed by atoms with Crippen molar-refractivity contribution in [3.8, 4) is 0 Å². The number of aromatic nitrogens is 2. The van der Waals surface area contributed by atoms with Crippen molar-refractivity contribution < 1.29 is 9.90 Å². The van der Waals surface area contributed by atoms with Gasteiger partial charge in [-0.15, -0.1) is 0 Å². The van der Waals surface area contributed by atoms with E-state index in [-0.39, 0.29) is 5.91 Å². The summed E-state index contributed by atoms with van der Waals surface area (Å²) in [5.74, 6) is -0.0289. The Bertz CT molecular complexity index is 664. The molecule has 0 saturated carbocycles. The van der Waals surface area contributed by atoms with E-state index in [9.17, 15) is 9.90 Å². The van der Waals surface area contributed by atoms with Gasteiger partial charge in [-0.3, -0.25) is 14.8 Å². The van der Waals surface area contributed by atoms with E-state index in [1.165, 1.54) is 0 Å². The molecule has 5 nitrogen and oxygen atoms in total. The average Bonchev–Trinajstić information content (AvgIpc) is 2.67. The van der Waals surface area contributed by atoms with Crippen molar-refractivity contribution in [2.75, 3.05) is 13.1 Å². The zero-order chi connectivity index (χ0) is 14.9. The lowest BCUT2D eigenvalue weighted by molar-refractivity contribution is 0.0438. The summed E-state index contributed by atoms with van der Waals surface area (Å²) in [5.41, 5.74) is 1.28. The highest BCUT2D eigenvalue weighted by atomic mass is 16.3. The third-order valence-corrected chi connectivity index (χ3v) is 4.08. The Hall–Kier alpha value is -2.01. The zero-order valence-electron chi connectivity index (χ0n) is 12.1. The van der Waals surface area contributed by atoms with Crippen LogP contribution in [-0.4, -0.2) is 44.6 Å². The first-order valence-electron chi connectivity index (χ1n) is 7.28. The molecule has 1 atom stereocenters. The third-order valence-electron chi connectivity index (χ3n) is 4.08. The number of carbonyl (C=O) groups is 1. The van der Waals surface area contributed by atoms with E-state index in [0.717, 1.165) is 18.4 Å². The summed E-state index contributed by atoms with van der Waals surface area (Å²) < 4.78 is 0. The van der Waals surface area contributed by atoms with Gasteiger partial charge in [-0.1, -0.05) is 6.07 Å². The number of benzene rings is 1. The molecular weight excluding hydrogens is 266 g/mol. The van der Waals surface area contributed by atoms with Crippen molar-refractivity contribution in [2.24, 2.45) is 0 Å². The summed E-state index contributed by atoms with van der Waals surface area (Å²) in [6, 6.07) is 5.48. The van der Waals surface area contributed by atoms with E-state index in [1.807, 2.05) is 24.0 Å². The van der Waals surface area contributed by atoms with Gasteiger partial charge in [-0.2, -0.15) is 0 Å². The molecule has 0 bridgehead atoms. The Morgan fingerprint density at radius 1 is 1.24 bits per heavy atom. The number of amides is 1. The van der Waals surface area contributed by atoms with E-state index >= 15 is 0 Å². The normalized spacial score (nSPS) is 23.0. The van der Waals surface area contributed by atoms with Crippen LogP contribution in [0.25, 0.3) is 11.0 Å². The summed E-state index contributed by atoms with van der Waals surface area (Å²) in [4.78, 5) is 23.1. The first-order valence-corrected chi connectivity index (χ1v) is 7.28. The molecule has 1 N–H and O–H groups in total. The first kappa shape index (κ1) is 13.9. The number of likely N-dealkylation sites (tertiary alicyclic amines) is 1. The summed E-state index contributed by atoms with van der Waals surface area (Å²) in [6.45, 7) is 3.08. The van der Waals surface area contributed by atoms with Gasteiger partial charge in [0.05, 0.1) is 16.7 Å². The van der Waals surface area contributed by atoms with Crippen molar-refractivity contribution in [2.45, 2.75) is 31.8 Å². The topological polar surface area (TPSA) is 66.3 Å². The molecule has 1 aromatic carbocycles. The largest absolute Gasteiger partial charge is 0.390 e. The second-order valence-corrected chi connectivity index (χ2v) is 5.87. The number of para-hydroxylation sites is 1. The Balaban J connectivity index is 1.90. The van der Waals surface area contributed by atoms with Gasteiger partial charge in [0, 0.05) is 25.5 Å². The van der Waals surface area contributed by atoms with E-state index in [4.69, 9.17) is 0 Å². The number of hydrogen-bond acceptors (Lipinski definition) is 4. The fraction of sp³-hybridized carbons (Fsp3) is 0.438. The van der Waals surface area contributed by atoms with Gasteiger partial charge in [-0.05, 0) is 38.3 Å². The van der Waals surface area contributed by atoms with Crippen LogP contribution < -0.4 is 0 Å². The number of rotatable bonds is 1. The Kier molecular flexibility index (Phi) is 3.59. The van der Waals surface area contributed by atoms with Crippen molar-refractivity contribution in [1.29, 1.82) is 0 Å². The molecule has 1 aliphatic heterocycles. The molecule has 1 saturated heterocycles. The van der Waals surface area contributed by atoms with Crippen LogP contribution in [0, 0.1) is 0 Å². The van der Waals surface area contributed by atoms with Crippen LogP contribution in [0.1, 0.15) is 36.5 Å². The zero-order valence-corrected chi connectivity index (χ0v) is 12.1. The van der Waals surface area contributed by atoms with E-state index in [1.54, 1.807) is 18.5 Å². The molecule has 1 aliphatic rings. The van der Waals surface area contributed by atoms with Crippen molar-refractivity contribution >= 4 is 16.9 Å². The Morgan fingerprint density at radius 3 is 2.90 bits per heavy atom. The van der Waals surface area contributed by atoms with Gasteiger partial charge in [0.25, 0.3) is 5.91 Å². The lowest BCUT2D eigenvalue weighted by atomic mass is 9.98. The van der Waals surface area contributed by atoms with E-state index in [0.29, 0.717) is 30.6 Å². The number of carbonyl (C=O) groups excluding carboxylic acids is 1. The molecular formula is C16H19N3O2. The minimum atomic E-state index is -0.673. The highest BCUT2D eigenvalue weighted by Crippen LogP contribution is 2.23. The van der Waals surface area contributed by atoms with Crippen LogP contribution in [0.5, 0.6) is 0 Å². The monoisotopic (exact) mass is 285 g/mol. The van der Waals surface area contributed by atoms with Crippen LogP contribution in [0.15, 0.2) is 30.6 Å². The molecule has 1 aromatic heterocycles. The Morgan fingerprint density at radius 2 is 2.05 bits per heavy atom. The van der Waals surface area contributed by atoms with Crippen molar-refractivity contribution in [3.05, 3.63) is 36.2 Å². The Labute approximate surface area is 123 Å². The summed E-state index contributed by atoms with van der Waals surface area (Å²) in [7, 11) is 0. The number of fused-ring (bicyclic) bond motifs is 1. The molecule has 1 amide bonds. The SMILES string of the molecule is CC1(O)CCCN(C(=O)c2cccc3nccnc23)CC1. The maximum absolute atomic E-state index is 12.8. The molecule has 110 valence electrons. The third kappa shape index (κ3) is 2.88. The molecule has 1 unspecified atom stereocenters. The minimum absolute atomic E-state index is 0.0289. The van der Waals surface area contributed by atoms with Crippen molar-refractivity contribution in [3.63, 3.8) is 0 Å². The molecule has 21 heavy (non-hydrogen) atoms. The fourth-order valence-electron chi connectivity index (χ4n) is 2.80. The predicted molar refractivity (Wildman–Crippen MR) is 79.9 cm³/mol. The molecule has 2 heterocycles. The number of hydrogen-bond donors (Lipinski definition) is 1. The second kappa shape index (κ2) is 5.41. The van der Waals surface area contributed by atoms with Crippen LogP contribution in [0.4, 0.5) is 0 Å². The maximum Gasteiger partial charge on any atom is 0.256 e. The molecule has 0 radical (unpaired) electrons. The van der Waals surface area contributed by atoms with E-state index < -0.39 is 5.60 Å². The summed E-state index contributed by atoms with van der Waals surface area (Å²) in [5, 5.41) is 10.1. The smallest absolute Gasteiger partial charge is 0.256 e. The highest BCUT2D eigenvalue weighted by Gasteiger charge is 2.28. The molecule has 0 aliphatic carbocycles. The summed E-state index contributed by atoms with van der Waals surface area (Å²) in [6.07, 6.45) is 5.38. The van der Waals surface area contributed by atoms with Crippen LogP contribution in [0.3, 0.4) is 0 Å². The molecule has 0 spiro atoms. The summed E-state index contributed by atoms with van der Waals surface area (Å²) >= 11 is 0. The van der Waals surface area contributed by atoms with Crippen LogP contribution in [0.2, 0.25) is 0 Å². The second-order valence-electron chi connectivity index (χ2n) is 5.87. The van der Waals surface area contributed by atoms with Crippen LogP contribution in [-0.2, 0) is 0 Å². The predicted octanol–water partition coefficient (Wildman–Crippen LogP) is 2.01. The number of nitrogens with zero attached hydrogens (tertiary/aromatic N) is 3. The average molecular weight is 285 g/mol. The quantitative estimate of drug-likeness (QED) is 0.870. The van der Waals surface area contributed by atoms with Gasteiger partial charge >= 0.3 is 0 Å². The molecule has 3 rings (SSSR count). The first-order chi connectivity index (χ1) is 10.1. The van der Waals surface area contributed by atoms with Gasteiger partial charge < -0.3 is 10.0 Å². The van der Waals surface area contributed by atoms with Gasteiger partial charge in [0.1, 0.15) is 5.52 Å². The van der Waals surface area contributed by atoms with Crippen LogP contribution >= 0.6 is 0 Å². The highest BCUT2D eigenvalue weighted by molar-refractivity contribution is 6.04. The molecule has 5 heteroatoms. The van der Waals surface area contributed by atoms with Gasteiger partial charge in [-0.25, -0.2) is 0 Å². The van der Waals surface area contributed by atoms with Gasteiger partial charge in [0.2, 0.25) is 0 Å². The van der Waals surface area contributed by atoms with E-state index in [2.05, 4.69) is 9.97 Å². The van der Waals surface area contributed by atoms with Crippen molar-refractivity contribution in [1.82, 2.24) is 14.9 Å². The standard InChI is InChI=1S/C16H19N3O2/c1-16(21)6-3-10-19(11-7-16)15(20)12-4-2-5-13-14(12)18-9-8-17-13/h2,4-5,8-9,21H,3,6-7,10-11H2,1H3.